The Labute approximate surface area is 166 Å². The summed E-state index contributed by atoms with van der Waals surface area (Å²) in [6, 6.07) is 15.9. The smallest absolute Gasteiger partial charge is 0.191 e. The molecule has 0 bridgehead atoms. The first kappa shape index (κ1) is 19.7. The Hall–Kier alpha value is -3.04. The van der Waals surface area contributed by atoms with Crippen LogP contribution in [0.5, 0.6) is 5.75 Å². The summed E-state index contributed by atoms with van der Waals surface area (Å²) in [4.78, 5) is 4.28. The van der Waals surface area contributed by atoms with Gasteiger partial charge in [-0.3, -0.25) is 4.99 Å². The van der Waals surface area contributed by atoms with Gasteiger partial charge in [0.2, 0.25) is 0 Å². The van der Waals surface area contributed by atoms with Crippen molar-refractivity contribution >= 4 is 5.96 Å². The van der Waals surface area contributed by atoms with Crippen LogP contribution in [0.25, 0.3) is 0 Å². The van der Waals surface area contributed by atoms with E-state index < -0.39 is 0 Å². The Bertz CT molecular complexity index is 850. The van der Waals surface area contributed by atoms with Gasteiger partial charge in [-0.25, -0.2) is 0 Å². The van der Waals surface area contributed by atoms with Crippen molar-refractivity contribution in [3.8, 4) is 11.8 Å². The van der Waals surface area contributed by atoms with E-state index in [-0.39, 0.29) is 6.10 Å². The van der Waals surface area contributed by atoms with Crippen LogP contribution in [0.4, 0.5) is 0 Å². The fourth-order valence-corrected chi connectivity index (χ4v) is 2.99. The quantitative estimate of drug-likeness (QED) is 0.597. The first-order valence-electron chi connectivity index (χ1n) is 9.45. The summed E-state index contributed by atoms with van der Waals surface area (Å²) in [7, 11) is 1.75. The number of benzene rings is 2. The summed E-state index contributed by atoms with van der Waals surface area (Å²) >= 11 is 0. The summed E-state index contributed by atoms with van der Waals surface area (Å²) in [5.41, 5.74) is 3.99. The lowest BCUT2D eigenvalue weighted by Gasteiger charge is -2.18. The van der Waals surface area contributed by atoms with Crippen molar-refractivity contribution in [3.05, 3.63) is 64.7 Å². The molecule has 146 valence electrons. The van der Waals surface area contributed by atoms with Crippen molar-refractivity contribution in [2.75, 3.05) is 20.3 Å². The van der Waals surface area contributed by atoms with Crippen LogP contribution < -0.4 is 15.4 Å². The van der Waals surface area contributed by atoms with E-state index in [1.807, 2.05) is 24.3 Å². The van der Waals surface area contributed by atoms with E-state index in [2.05, 4.69) is 46.8 Å². The molecule has 28 heavy (non-hydrogen) atoms. The number of ether oxygens (including phenoxy) is 2. The molecule has 0 radical (unpaired) electrons. The zero-order chi connectivity index (χ0) is 19.8. The minimum absolute atomic E-state index is 0.120. The standard InChI is InChI=1S/C22H26N4O2/c1-16-3-8-19(21(11-16)28-20-9-10-27-15-20)14-26-22(24-2)25-13-18-6-4-17(12-23)5-7-18/h3-8,11,20H,9-10,13-15H2,1-2H3,(H2,24,25,26). The monoisotopic (exact) mass is 378 g/mol. The molecule has 0 amide bonds. The maximum absolute atomic E-state index is 8.88. The van der Waals surface area contributed by atoms with E-state index in [0.717, 1.165) is 29.9 Å². The molecule has 2 aromatic carbocycles. The highest BCUT2D eigenvalue weighted by Gasteiger charge is 2.18. The number of hydrogen-bond acceptors (Lipinski definition) is 4. The average molecular weight is 378 g/mol. The van der Waals surface area contributed by atoms with Crippen LogP contribution in [0.15, 0.2) is 47.5 Å². The predicted molar refractivity (Wildman–Crippen MR) is 109 cm³/mol. The minimum Gasteiger partial charge on any atom is -0.488 e. The summed E-state index contributed by atoms with van der Waals surface area (Å²) in [5, 5.41) is 15.5. The number of guanidine groups is 1. The SMILES string of the molecule is CN=C(NCc1ccc(C#N)cc1)NCc1ccc(C)cc1OC1CCOC1. The summed E-state index contributed by atoms with van der Waals surface area (Å²) < 4.78 is 11.6. The van der Waals surface area contributed by atoms with Crippen LogP contribution in [0.1, 0.15) is 28.7 Å². The van der Waals surface area contributed by atoms with Gasteiger partial charge in [-0.2, -0.15) is 5.26 Å². The van der Waals surface area contributed by atoms with Gasteiger partial charge < -0.3 is 20.1 Å². The van der Waals surface area contributed by atoms with Crippen molar-refractivity contribution in [2.24, 2.45) is 4.99 Å². The van der Waals surface area contributed by atoms with Gasteiger partial charge in [-0.05, 0) is 36.2 Å². The molecular formula is C22H26N4O2. The maximum Gasteiger partial charge on any atom is 0.191 e. The molecule has 1 aliphatic heterocycles. The lowest BCUT2D eigenvalue weighted by atomic mass is 10.1. The molecule has 6 nitrogen and oxygen atoms in total. The maximum atomic E-state index is 8.88. The molecule has 1 saturated heterocycles. The molecule has 3 rings (SSSR count). The zero-order valence-corrected chi connectivity index (χ0v) is 16.4. The van der Waals surface area contributed by atoms with Crippen LogP contribution in [0.3, 0.4) is 0 Å². The molecule has 2 aromatic rings. The highest BCUT2D eigenvalue weighted by molar-refractivity contribution is 5.79. The molecular weight excluding hydrogens is 352 g/mol. The fraction of sp³-hybridized carbons (Fsp3) is 0.364. The highest BCUT2D eigenvalue weighted by Crippen LogP contribution is 2.23. The van der Waals surface area contributed by atoms with E-state index in [0.29, 0.717) is 31.2 Å². The number of aliphatic imine (C=N–C) groups is 1. The second-order valence-electron chi connectivity index (χ2n) is 6.80. The summed E-state index contributed by atoms with van der Waals surface area (Å²) in [6.45, 7) is 4.70. The number of rotatable bonds is 6. The van der Waals surface area contributed by atoms with E-state index in [1.54, 1.807) is 7.05 Å². The van der Waals surface area contributed by atoms with Gasteiger partial charge in [0.15, 0.2) is 5.96 Å². The van der Waals surface area contributed by atoms with Gasteiger partial charge in [-0.1, -0.05) is 24.3 Å². The predicted octanol–water partition coefficient (Wildman–Crippen LogP) is 2.90. The normalized spacial score (nSPS) is 16.5. The Morgan fingerprint density at radius 1 is 1.21 bits per heavy atom. The van der Waals surface area contributed by atoms with Crippen molar-refractivity contribution in [1.82, 2.24) is 10.6 Å². The molecule has 2 N–H and O–H groups in total. The lowest BCUT2D eigenvalue weighted by Crippen LogP contribution is -2.36. The first-order chi connectivity index (χ1) is 13.7. The first-order valence-corrected chi connectivity index (χ1v) is 9.45. The van der Waals surface area contributed by atoms with Crippen LogP contribution in [0, 0.1) is 18.3 Å². The van der Waals surface area contributed by atoms with Crippen LogP contribution in [-0.4, -0.2) is 32.3 Å². The second kappa shape index (κ2) is 9.77. The third-order valence-corrected chi connectivity index (χ3v) is 4.62. The van der Waals surface area contributed by atoms with Gasteiger partial charge in [0.05, 0.1) is 24.8 Å². The lowest BCUT2D eigenvalue weighted by molar-refractivity contribution is 0.140. The van der Waals surface area contributed by atoms with Gasteiger partial charge in [-0.15, -0.1) is 0 Å². The summed E-state index contributed by atoms with van der Waals surface area (Å²) in [5.74, 6) is 1.60. The van der Waals surface area contributed by atoms with Crippen LogP contribution >= 0.6 is 0 Å². The van der Waals surface area contributed by atoms with Gasteiger partial charge in [0.25, 0.3) is 0 Å². The van der Waals surface area contributed by atoms with Crippen molar-refractivity contribution < 1.29 is 9.47 Å². The molecule has 1 heterocycles. The molecule has 0 aliphatic carbocycles. The molecule has 6 heteroatoms. The van der Waals surface area contributed by atoms with Gasteiger partial charge in [0, 0.05) is 32.1 Å². The Balaban J connectivity index is 1.57. The molecule has 1 unspecified atom stereocenters. The number of nitrogens with zero attached hydrogens (tertiary/aromatic N) is 2. The van der Waals surface area contributed by atoms with E-state index in [9.17, 15) is 0 Å². The molecule has 1 atom stereocenters. The van der Waals surface area contributed by atoms with Gasteiger partial charge >= 0.3 is 0 Å². The Morgan fingerprint density at radius 3 is 2.68 bits per heavy atom. The average Bonchev–Trinajstić information content (AvgIpc) is 3.23. The highest BCUT2D eigenvalue weighted by atomic mass is 16.5. The number of nitrogens with one attached hydrogen (secondary N) is 2. The van der Waals surface area contributed by atoms with Gasteiger partial charge in [0.1, 0.15) is 11.9 Å². The number of hydrogen-bond donors (Lipinski definition) is 2. The van der Waals surface area contributed by atoms with Crippen LogP contribution in [-0.2, 0) is 17.8 Å². The Morgan fingerprint density at radius 2 is 2.00 bits per heavy atom. The molecule has 1 aliphatic rings. The Kier molecular flexibility index (Phi) is 6.88. The minimum atomic E-state index is 0.120. The topological polar surface area (TPSA) is 78.7 Å². The van der Waals surface area contributed by atoms with Crippen molar-refractivity contribution in [1.29, 1.82) is 5.26 Å². The van der Waals surface area contributed by atoms with E-state index in [4.69, 9.17) is 14.7 Å². The molecule has 1 fully saturated rings. The zero-order valence-electron chi connectivity index (χ0n) is 16.4. The van der Waals surface area contributed by atoms with Crippen molar-refractivity contribution in [2.45, 2.75) is 32.5 Å². The number of aryl methyl sites for hydroxylation is 1. The summed E-state index contributed by atoms with van der Waals surface area (Å²) in [6.07, 6.45) is 1.05. The fourth-order valence-electron chi connectivity index (χ4n) is 2.99. The number of nitriles is 1. The van der Waals surface area contributed by atoms with Crippen molar-refractivity contribution in [3.63, 3.8) is 0 Å². The molecule has 0 spiro atoms. The third kappa shape index (κ3) is 5.48. The largest absolute Gasteiger partial charge is 0.488 e. The molecule has 0 aromatic heterocycles. The van der Waals surface area contributed by atoms with E-state index in [1.165, 1.54) is 5.56 Å². The molecule has 0 saturated carbocycles. The van der Waals surface area contributed by atoms with E-state index >= 15 is 0 Å². The third-order valence-electron chi connectivity index (χ3n) is 4.62. The van der Waals surface area contributed by atoms with Crippen LogP contribution in [0.2, 0.25) is 0 Å². The second-order valence-corrected chi connectivity index (χ2v) is 6.80.